The second kappa shape index (κ2) is 5.82. The summed E-state index contributed by atoms with van der Waals surface area (Å²) in [5, 5.41) is 14.1. The monoisotopic (exact) mass is 278 g/mol. The number of hydrogen-bond donors (Lipinski definition) is 1. The molecule has 3 heterocycles. The minimum atomic E-state index is 0.195. The van der Waals surface area contributed by atoms with Gasteiger partial charge < -0.3 is 10.0 Å². The summed E-state index contributed by atoms with van der Waals surface area (Å²) in [6.45, 7) is 8.06. The Morgan fingerprint density at radius 3 is 2.85 bits per heavy atom. The van der Waals surface area contributed by atoms with Crippen LogP contribution in [0.5, 0.6) is 0 Å². The van der Waals surface area contributed by atoms with E-state index in [1.807, 2.05) is 4.68 Å². The summed E-state index contributed by atoms with van der Waals surface area (Å²) in [7, 11) is 0. The first-order valence-electron chi connectivity index (χ1n) is 7.96. The van der Waals surface area contributed by atoms with Crippen LogP contribution in [0.1, 0.15) is 50.7 Å². The molecule has 0 amide bonds. The van der Waals surface area contributed by atoms with Crippen LogP contribution in [0.25, 0.3) is 0 Å². The number of hydrogen-bond acceptors (Lipinski definition) is 4. The number of rotatable bonds is 4. The molecule has 20 heavy (non-hydrogen) atoms. The number of likely N-dealkylation sites (tertiary alicyclic amines) is 1. The average Bonchev–Trinajstić information content (AvgIpc) is 3.04. The van der Waals surface area contributed by atoms with Crippen LogP contribution in [0, 0.1) is 5.92 Å². The zero-order chi connectivity index (χ0) is 14.1. The van der Waals surface area contributed by atoms with E-state index in [-0.39, 0.29) is 12.5 Å². The van der Waals surface area contributed by atoms with Crippen molar-refractivity contribution in [2.45, 2.75) is 58.0 Å². The van der Waals surface area contributed by atoms with Gasteiger partial charge in [-0.05, 0) is 45.6 Å². The molecule has 1 aromatic rings. The lowest BCUT2D eigenvalue weighted by Gasteiger charge is -2.19. The lowest BCUT2D eigenvalue weighted by Crippen LogP contribution is -2.28. The molecule has 5 nitrogen and oxygen atoms in total. The van der Waals surface area contributed by atoms with Gasteiger partial charge in [-0.2, -0.15) is 5.10 Å². The van der Waals surface area contributed by atoms with Gasteiger partial charge in [-0.25, -0.2) is 9.67 Å². The summed E-state index contributed by atoms with van der Waals surface area (Å²) in [5.74, 6) is 2.87. The summed E-state index contributed by atoms with van der Waals surface area (Å²) in [6, 6.07) is 0.641. The minimum Gasteiger partial charge on any atom is -0.396 e. The third-order valence-corrected chi connectivity index (χ3v) is 4.77. The van der Waals surface area contributed by atoms with E-state index in [4.69, 9.17) is 4.98 Å². The highest BCUT2D eigenvalue weighted by atomic mass is 16.3. The zero-order valence-corrected chi connectivity index (χ0v) is 12.6. The third kappa shape index (κ3) is 2.74. The number of aliphatic hydroxyl groups excluding tert-OH is 1. The van der Waals surface area contributed by atoms with Gasteiger partial charge in [-0.1, -0.05) is 0 Å². The van der Waals surface area contributed by atoms with E-state index in [1.165, 1.54) is 19.5 Å². The minimum absolute atomic E-state index is 0.195. The van der Waals surface area contributed by atoms with Crippen molar-refractivity contribution in [1.29, 1.82) is 0 Å². The lowest BCUT2D eigenvalue weighted by molar-refractivity contribution is 0.234. The molecule has 2 aliphatic rings. The lowest BCUT2D eigenvalue weighted by atomic mass is 10.0. The van der Waals surface area contributed by atoms with E-state index in [2.05, 4.69) is 23.8 Å². The van der Waals surface area contributed by atoms with Crippen molar-refractivity contribution in [2.24, 2.45) is 5.92 Å². The topological polar surface area (TPSA) is 54.2 Å². The van der Waals surface area contributed by atoms with E-state index in [0.29, 0.717) is 12.0 Å². The second-order valence-electron chi connectivity index (χ2n) is 6.58. The van der Waals surface area contributed by atoms with Gasteiger partial charge in [-0.3, -0.25) is 0 Å². The maximum absolute atomic E-state index is 9.44. The maximum atomic E-state index is 9.44. The molecule has 2 atom stereocenters. The fourth-order valence-electron chi connectivity index (χ4n) is 3.50. The van der Waals surface area contributed by atoms with Crippen molar-refractivity contribution < 1.29 is 5.11 Å². The molecule has 5 heteroatoms. The van der Waals surface area contributed by atoms with E-state index in [9.17, 15) is 5.11 Å². The number of aliphatic hydroxyl groups is 1. The Morgan fingerprint density at radius 2 is 2.15 bits per heavy atom. The first-order valence-corrected chi connectivity index (χ1v) is 7.96. The number of nitrogens with zero attached hydrogens (tertiary/aromatic N) is 4. The van der Waals surface area contributed by atoms with Gasteiger partial charge in [0.25, 0.3) is 0 Å². The molecule has 2 unspecified atom stereocenters. The van der Waals surface area contributed by atoms with Gasteiger partial charge in [0.05, 0.1) is 6.61 Å². The van der Waals surface area contributed by atoms with Crippen LogP contribution in [0.3, 0.4) is 0 Å². The smallest absolute Gasteiger partial charge is 0.151 e. The number of aryl methyl sites for hydroxylation is 1. The van der Waals surface area contributed by atoms with Crippen LogP contribution in [0.2, 0.25) is 0 Å². The van der Waals surface area contributed by atoms with Crippen molar-refractivity contribution in [2.75, 3.05) is 19.7 Å². The fraction of sp³-hybridized carbons (Fsp3) is 0.867. The molecule has 0 aliphatic carbocycles. The normalized spacial score (nSPS) is 27.2. The van der Waals surface area contributed by atoms with E-state index in [1.54, 1.807) is 0 Å². The Hall–Kier alpha value is -0.940. The first-order chi connectivity index (χ1) is 9.67. The van der Waals surface area contributed by atoms with Crippen molar-refractivity contribution in [1.82, 2.24) is 19.7 Å². The Balaban J connectivity index is 1.66. The van der Waals surface area contributed by atoms with E-state index in [0.717, 1.165) is 37.5 Å². The second-order valence-corrected chi connectivity index (χ2v) is 6.58. The van der Waals surface area contributed by atoms with Crippen LogP contribution in [-0.2, 0) is 13.0 Å². The SMILES string of the molecule is CC(C)N1CCC(Cc2nc3n(n2)CCCC3CO)C1. The molecule has 2 aliphatic heterocycles. The molecule has 3 rings (SSSR count). The van der Waals surface area contributed by atoms with Crippen LogP contribution >= 0.6 is 0 Å². The Labute approximate surface area is 121 Å². The quantitative estimate of drug-likeness (QED) is 0.905. The molecule has 1 fully saturated rings. The van der Waals surface area contributed by atoms with Crippen LogP contribution < -0.4 is 0 Å². The number of aromatic nitrogens is 3. The molecule has 1 aromatic heterocycles. The standard InChI is InChI=1S/C15H26N4O/c1-11(2)18-7-5-12(9-18)8-14-16-15-13(10-20)4-3-6-19(15)17-14/h11-13,20H,3-10H2,1-2H3. The predicted octanol–water partition coefficient (Wildman–Crippen LogP) is 1.42. The summed E-state index contributed by atoms with van der Waals surface area (Å²) in [4.78, 5) is 7.25. The molecule has 0 bridgehead atoms. The zero-order valence-electron chi connectivity index (χ0n) is 12.6. The van der Waals surface area contributed by atoms with Crippen molar-refractivity contribution in [3.05, 3.63) is 11.6 Å². The number of fused-ring (bicyclic) bond motifs is 1. The molecule has 0 aromatic carbocycles. The molecular formula is C15H26N4O. The van der Waals surface area contributed by atoms with Crippen molar-refractivity contribution in [3.63, 3.8) is 0 Å². The molecule has 0 saturated carbocycles. The fourth-order valence-corrected chi connectivity index (χ4v) is 3.50. The van der Waals surface area contributed by atoms with Gasteiger partial charge in [0.15, 0.2) is 5.82 Å². The van der Waals surface area contributed by atoms with Gasteiger partial charge >= 0.3 is 0 Å². The van der Waals surface area contributed by atoms with Crippen molar-refractivity contribution in [3.8, 4) is 0 Å². The highest BCUT2D eigenvalue weighted by molar-refractivity contribution is 5.04. The van der Waals surface area contributed by atoms with Crippen LogP contribution in [-0.4, -0.2) is 50.5 Å². The Kier molecular flexibility index (Phi) is 4.08. The van der Waals surface area contributed by atoms with E-state index < -0.39 is 0 Å². The van der Waals surface area contributed by atoms with Crippen LogP contribution in [0.4, 0.5) is 0 Å². The maximum Gasteiger partial charge on any atom is 0.151 e. The van der Waals surface area contributed by atoms with Gasteiger partial charge in [-0.15, -0.1) is 0 Å². The third-order valence-electron chi connectivity index (χ3n) is 4.77. The van der Waals surface area contributed by atoms with Crippen LogP contribution in [0.15, 0.2) is 0 Å². The summed E-state index contributed by atoms with van der Waals surface area (Å²) in [6.07, 6.45) is 4.39. The molecule has 0 radical (unpaired) electrons. The van der Waals surface area contributed by atoms with Gasteiger partial charge in [0.2, 0.25) is 0 Å². The molecule has 1 N–H and O–H groups in total. The predicted molar refractivity (Wildman–Crippen MR) is 77.6 cm³/mol. The average molecular weight is 278 g/mol. The van der Waals surface area contributed by atoms with Crippen molar-refractivity contribution >= 4 is 0 Å². The first kappa shape index (κ1) is 14.0. The Morgan fingerprint density at radius 1 is 1.30 bits per heavy atom. The summed E-state index contributed by atoms with van der Waals surface area (Å²) in [5.41, 5.74) is 0. The van der Waals surface area contributed by atoms with Gasteiger partial charge in [0, 0.05) is 31.5 Å². The molecule has 112 valence electrons. The van der Waals surface area contributed by atoms with Gasteiger partial charge in [0.1, 0.15) is 5.82 Å². The van der Waals surface area contributed by atoms with E-state index >= 15 is 0 Å². The summed E-state index contributed by atoms with van der Waals surface area (Å²) >= 11 is 0. The molecular weight excluding hydrogens is 252 g/mol. The molecule has 0 spiro atoms. The summed E-state index contributed by atoms with van der Waals surface area (Å²) < 4.78 is 2.02. The highest BCUT2D eigenvalue weighted by Gasteiger charge is 2.28. The largest absolute Gasteiger partial charge is 0.396 e. The Bertz CT molecular complexity index is 457. The molecule has 1 saturated heterocycles. The highest BCUT2D eigenvalue weighted by Crippen LogP contribution is 2.26.